The van der Waals surface area contributed by atoms with Crippen LogP contribution in [0, 0.1) is 0 Å². The van der Waals surface area contributed by atoms with Crippen molar-refractivity contribution in [1.29, 1.82) is 0 Å². The van der Waals surface area contributed by atoms with Crippen molar-refractivity contribution in [2.75, 3.05) is 4.72 Å². The van der Waals surface area contributed by atoms with E-state index in [2.05, 4.69) is 4.72 Å². The molecule has 0 atom stereocenters. The van der Waals surface area contributed by atoms with E-state index in [-0.39, 0.29) is 17.2 Å². The number of ketones is 1. The Bertz CT molecular complexity index is 770. The Kier molecular flexibility index (Phi) is 4.40. The van der Waals surface area contributed by atoms with Crippen molar-refractivity contribution in [3.05, 3.63) is 59.7 Å². The number of carbonyl (C=O) groups excluding carboxylic acids is 1. The van der Waals surface area contributed by atoms with E-state index in [1.165, 1.54) is 19.1 Å². The second kappa shape index (κ2) is 6.07. The number of sulfonamides is 1. The Morgan fingerprint density at radius 3 is 2.52 bits per heavy atom. The van der Waals surface area contributed by atoms with E-state index in [4.69, 9.17) is 5.73 Å². The summed E-state index contributed by atoms with van der Waals surface area (Å²) in [5.41, 5.74) is 7.08. The maximum Gasteiger partial charge on any atom is 0.261 e. The fourth-order valence-electron chi connectivity index (χ4n) is 1.88. The predicted octanol–water partition coefficient (Wildman–Crippen LogP) is 2.15. The lowest BCUT2D eigenvalue weighted by Gasteiger charge is -2.12. The second-order valence-corrected chi connectivity index (χ2v) is 6.23. The number of benzene rings is 2. The molecule has 0 saturated heterocycles. The molecule has 0 aliphatic carbocycles. The molecule has 0 aliphatic rings. The van der Waals surface area contributed by atoms with Gasteiger partial charge in [-0.2, -0.15) is 0 Å². The lowest BCUT2D eigenvalue weighted by atomic mass is 10.2. The van der Waals surface area contributed by atoms with Crippen molar-refractivity contribution in [1.82, 2.24) is 0 Å². The molecule has 0 radical (unpaired) electrons. The lowest BCUT2D eigenvalue weighted by molar-refractivity contribution is 0.101. The Labute approximate surface area is 123 Å². The number of nitrogens with one attached hydrogen (secondary N) is 1. The van der Waals surface area contributed by atoms with Crippen molar-refractivity contribution >= 4 is 21.5 Å². The number of anilines is 1. The van der Waals surface area contributed by atoms with Crippen LogP contribution in [0.1, 0.15) is 22.8 Å². The van der Waals surface area contributed by atoms with Gasteiger partial charge < -0.3 is 5.73 Å². The van der Waals surface area contributed by atoms with Gasteiger partial charge >= 0.3 is 0 Å². The molecule has 0 amide bonds. The van der Waals surface area contributed by atoms with Crippen molar-refractivity contribution in [3.8, 4) is 0 Å². The molecule has 0 saturated carbocycles. The molecule has 0 spiro atoms. The molecule has 110 valence electrons. The van der Waals surface area contributed by atoms with Gasteiger partial charge in [0.05, 0.1) is 10.6 Å². The summed E-state index contributed by atoms with van der Waals surface area (Å²) in [5.74, 6) is -0.186. The van der Waals surface area contributed by atoms with Gasteiger partial charge in [-0.25, -0.2) is 8.42 Å². The zero-order valence-electron chi connectivity index (χ0n) is 11.5. The zero-order chi connectivity index (χ0) is 15.5. The zero-order valence-corrected chi connectivity index (χ0v) is 12.4. The molecular formula is C15H16N2O3S. The molecule has 0 aliphatic heterocycles. The third kappa shape index (κ3) is 3.48. The number of carbonyl (C=O) groups is 1. The van der Waals surface area contributed by atoms with Crippen LogP contribution in [-0.4, -0.2) is 14.2 Å². The first-order chi connectivity index (χ1) is 9.94. The first-order valence-electron chi connectivity index (χ1n) is 6.36. The number of hydrogen-bond acceptors (Lipinski definition) is 4. The van der Waals surface area contributed by atoms with Crippen LogP contribution in [0.15, 0.2) is 53.4 Å². The van der Waals surface area contributed by atoms with E-state index in [1.54, 1.807) is 36.4 Å². The van der Waals surface area contributed by atoms with Crippen LogP contribution in [0.3, 0.4) is 0 Å². The summed E-state index contributed by atoms with van der Waals surface area (Å²) < 4.78 is 27.3. The SMILES string of the molecule is CC(=O)c1cccc(S(=O)(=O)Nc2ccccc2CN)c1. The minimum atomic E-state index is -3.76. The highest BCUT2D eigenvalue weighted by Crippen LogP contribution is 2.20. The second-order valence-electron chi connectivity index (χ2n) is 4.55. The van der Waals surface area contributed by atoms with Crippen LogP contribution in [0.25, 0.3) is 0 Å². The highest BCUT2D eigenvalue weighted by Gasteiger charge is 2.16. The molecule has 5 nitrogen and oxygen atoms in total. The summed E-state index contributed by atoms with van der Waals surface area (Å²) in [5, 5.41) is 0. The van der Waals surface area contributed by atoms with Crippen molar-refractivity contribution in [2.24, 2.45) is 5.73 Å². The van der Waals surface area contributed by atoms with E-state index in [9.17, 15) is 13.2 Å². The summed E-state index contributed by atoms with van der Waals surface area (Å²) in [7, 11) is -3.76. The molecule has 2 rings (SSSR count). The molecular weight excluding hydrogens is 288 g/mol. The van der Waals surface area contributed by atoms with Gasteiger partial charge in [0.1, 0.15) is 0 Å². The number of hydrogen-bond donors (Lipinski definition) is 2. The predicted molar refractivity (Wildman–Crippen MR) is 81.6 cm³/mol. The highest BCUT2D eigenvalue weighted by molar-refractivity contribution is 7.92. The average molecular weight is 304 g/mol. The van der Waals surface area contributed by atoms with Gasteiger partial charge in [-0.15, -0.1) is 0 Å². The van der Waals surface area contributed by atoms with Gasteiger partial charge in [0, 0.05) is 12.1 Å². The lowest BCUT2D eigenvalue weighted by Crippen LogP contribution is -2.15. The average Bonchev–Trinajstić information content (AvgIpc) is 2.47. The fourth-order valence-corrected chi connectivity index (χ4v) is 3.03. The summed E-state index contributed by atoms with van der Waals surface area (Å²) in [6, 6.07) is 12.8. The highest BCUT2D eigenvalue weighted by atomic mass is 32.2. The molecule has 0 fully saturated rings. The summed E-state index contributed by atoms with van der Waals surface area (Å²) in [6.07, 6.45) is 0. The van der Waals surface area contributed by atoms with E-state index in [0.29, 0.717) is 16.8 Å². The van der Waals surface area contributed by atoms with Gasteiger partial charge in [-0.3, -0.25) is 9.52 Å². The maximum absolute atomic E-state index is 12.4. The Morgan fingerprint density at radius 1 is 1.14 bits per heavy atom. The molecule has 6 heteroatoms. The molecule has 0 heterocycles. The maximum atomic E-state index is 12.4. The normalized spacial score (nSPS) is 11.1. The molecule has 21 heavy (non-hydrogen) atoms. The van der Waals surface area contributed by atoms with Crippen molar-refractivity contribution < 1.29 is 13.2 Å². The summed E-state index contributed by atoms with van der Waals surface area (Å²) >= 11 is 0. The standard InChI is InChI=1S/C15H16N2O3S/c1-11(18)12-6-4-7-14(9-12)21(19,20)17-15-8-3-2-5-13(15)10-16/h2-9,17H,10,16H2,1H3. The quantitative estimate of drug-likeness (QED) is 0.828. The van der Waals surface area contributed by atoms with Gasteiger partial charge in [0.2, 0.25) is 0 Å². The smallest absolute Gasteiger partial charge is 0.261 e. The Balaban J connectivity index is 2.39. The Morgan fingerprint density at radius 2 is 1.86 bits per heavy atom. The van der Waals surface area contributed by atoms with Crippen LogP contribution in [0.5, 0.6) is 0 Å². The molecule has 2 aromatic rings. The number of rotatable bonds is 5. The van der Waals surface area contributed by atoms with E-state index in [1.807, 2.05) is 0 Å². The van der Waals surface area contributed by atoms with Gasteiger partial charge in [0.25, 0.3) is 10.0 Å². The monoisotopic (exact) mass is 304 g/mol. The summed E-state index contributed by atoms with van der Waals surface area (Å²) in [6.45, 7) is 1.62. The first-order valence-corrected chi connectivity index (χ1v) is 7.84. The third-order valence-corrected chi connectivity index (χ3v) is 4.40. The van der Waals surface area contributed by atoms with Crippen LogP contribution < -0.4 is 10.5 Å². The fraction of sp³-hybridized carbons (Fsp3) is 0.133. The number of Topliss-reactive ketones (excluding diaryl/α,β-unsaturated/α-hetero) is 1. The molecule has 0 bridgehead atoms. The van der Waals surface area contributed by atoms with Crippen LogP contribution in [-0.2, 0) is 16.6 Å². The van der Waals surface area contributed by atoms with Gasteiger partial charge in [-0.1, -0.05) is 30.3 Å². The molecule has 3 N–H and O–H groups in total. The topological polar surface area (TPSA) is 89.3 Å². The minimum absolute atomic E-state index is 0.0435. The molecule has 2 aromatic carbocycles. The third-order valence-electron chi connectivity index (χ3n) is 3.03. The molecule has 0 unspecified atom stereocenters. The molecule has 0 aromatic heterocycles. The number of para-hydroxylation sites is 1. The van der Waals surface area contributed by atoms with E-state index < -0.39 is 10.0 Å². The first kappa shape index (κ1) is 15.2. The number of nitrogens with two attached hydrogens (primary N) is 1. The van der Waals surface area contributed by atoms with Crippen LogP contribution >= 0.6 is 0 Å². The van der Waals surface area contributed by atoms with Crippen molar-refractivity contribution in [3.63, 3.8) is 0 Å². The summed E-state index contributed by atoms with van der Waals surface area (Å²) in [4.78, 5) is 11.4. The van der Waals surface area contributed by atoms with Crippen LogP contribution in [0.2, 0.25) is 0 Å². The minimum Gasteiger partial charge on any atom is -0.326 e. The Hall–Kier alpha value is -2.18. The van der Waals surface area contributed by atoms with E-state index >= 15 is 0 Å². The van der Waals surface area contributed by atoms with Crippen LogP contribution in [0.4, 0.5) is 5.69 Å². The van der Waals surface area contributed by atoms with Gasteiger partial charge in [0.15, 0.2) is 5.78 Å². The van der Waals surface area contributed by atoms with Crippen molar-refractivity contribution in [2.45, 2.75) is 18.4 Å². The van der Waals surface area contributed by atoms with Gasteiger partial charge in [-0.05, 0) is 30.7 Å². The largest absolute Gasteiger partial charge is 0.326 e. The van der Waals surface area contributed by atoms with E-state index in [0.717, 1.165) is 0 Å².